The molecular weight excluding hydrogens is 164 g/mol. The van der Waals surface area contributed by atoms with E-state index in [1.165, 1.54) is 0 Å². The molecule has 0 bridgehead atoms. The normalized spacial score (nSPS) is 10.4. The van der Waals surface area contributed by atoms with Crippen molar-refractivity contribution in [2.75, 3.05) is 19.6 Å². The minimum atomic E-state index is 0.612. The molecule has 0 spiro atoms. The maximum atomic E-state index is 5.56. The van der Waals surface area contributed by atoms with E-state index in [9.17, 15) is 0 Å². The Morgan fingerprint density at radius 1 is 1.31 bits per heavy atom. The summed E-state index contributed by atoms with van der Waals surface area (Å²) in [6.45, 7) is 4.25. The molecule has 0 heterocycles. The van der Waals surface area contributed by atoms with Crippen molar-refractivity contribution in [2.45, 2.75) is 6.92 Å². The van der Waals surface area contributed by atoms with Crippen LogP contribution in [-0.2, 0) is 0 Å². The van der Waals surface area contributed by atoms with E-state index in [-0.39, 0.29) is 0 Å². The van der Waals surface area contributed by atoms with Gasteiger partial charge in [-0.3, -0.25) is 0 Å². The van der Waals surface area contributed by atoms with Gasteiger partial charge in [-0.2, -0.15) is 0 Å². The molecule has 3 heteroatoms. The Hall–Kier alpha value is -1.06. The first kappa shape index (κ1) is 10.0. The van der Waals surface area contributed by atoms with E-state index in [0.717, 1.165) is 18.8 Å². The molecule has 2 N–H and O–H groups in total. The van der Waals surface area contributed by atoms with Gasteiger partial charge in [0.15, 0.2) is 0 Å². The summed E-state index contributed by atoms with van der Waals surface area (Å²) in [5.41, 5.74) is 5.44. The number of para-hydroxylation sites is 1. The Balaban J connectivity index is 2.46. The molecule has 0 aliphatic rings. The fourth-order valence-electron chi connectivity index (χ4n) is 1.04. The molecular formula is C10H16N2O. The van der Waals surface area contributed by atoms with E-state index in [1.54, 1.807) is 0 Å². The Labute approximate surface area is 79.1 Å². The van der Waals surface area contributed by atoms with Crippen molar-refractivity contribution in [3.05, 3.63) is 30.3 Å². The molecule has 0 aliphatic heterocycles. The lowest BCUT2D eigenvalue weighted by atomic mass is 10.3. The van der Waals surface area contributed by atoms with Crippen molar-refractivity contribution in [3.8, 4) is 5.75 Å². The molecule has 0 radical (unpaired) electrons. The second kappa shape index (κ2) is 5.56. The molecule has 0 unspecified atom stereocenters. The van der Waals surface area contributed by atoms with Crippen molar-refractivity contribution in [1.29, 1.82) is 0 Å². The fraction of sp³-hybridized carbons (Fsp3) is 0.400. The Morgan fingerprint density at radius 3 is 2.54 bits per heavy atom. The summed E-state index contributed by atoms with van der Waals surface area (Å²) in [6, 6.07) is 9.72. The Bertz CT molecular complexity index is 226. The second-order valence-corrected chi connectivity index (χ2v) is 2.71. The zero-order valence-electron chi connectivity index (χ0n) is 7.94. The number of benzene rings is 1. The summed E-state index contributed by atoms with van der Waals surface area (Å²) in [7, 11) is 0. The van der Waals surface area contributed by atoms with Gasteiger partial charge in [-0.15, -0.1) is 5.06 Å². The molecule has 1 aromatic rings. The highest BCUT2D eigenvalue weighted by molar-refractivity contribution is 5.20. The minimum absolute atomic E-state index is 0.612. The predicted octanol–water partition coefficient (Wildman–Crippen LogP) is 1.26. The zero-order chi connectivity index (χ0) is 9.52. The van der Waals surface area contributed by atoms with E-state index in [1.807, 2.05) is 42.3 Å². The number of rotatable bonds is 5. The van der Waals surface area contributed by atoms with Gasteiger partial charge in [0, 0.05) is 19.6 Å². The van der Waals surface area contributed by atoms with E-state index in [4.69, 9.17) is 10.6 Å². The molecule has 1 rings (SSSR count). The molecule has 0 atom stereocenters. The standard InChI is InChI=1S/C10H16N2O/c1-2-12(9-8-11)13-10-6-4-3-5-7-10/h3-7H,2,8-9,11H2,1H3. The zero-order valence-corrected chi connectivity index (χ0v) is 7.94. The second-order valence-electron chi connectivity index (χ2n) is 2.71. The molecule has 3 nitrogen and oxygen atoms in total. The molecule has 0 saturated carbocycles. The smallest absolute Gasteiger partial charge is 0.147 e. The molecule has 0 saturated heterocycles. The van der Waals surface area contributed by atoms with Crippen LogP contribution in [0.25, 0.3) is 0 Å². The van der Waals surface area contributed by atoms with Gasteiger partial charge in [0.05, 0.1) is 0 Å². The van der Waals surface area contributed by atoms with Crippen LogP contribution in [0.5, 0.6) is 5.75 Å². The molecule has 0 fully saturated rings. The van der Waals surface area contributed by atoms with Crippen LogP contribution in [0, 0.1) is 0 Å². The van der Waals surface area contributed by atoms with Crippen molar-refractivity contribution in [3.63, 3.8) is 0 Å². The Kier molecular flexibility index (Phi) is 4.29. The van der Waals surface area contributed by atoms with E-state index in [0.29, 0.717) is 6.54 Å². The van der Waals surface area contributed by atoms with Crippen molar-refractivity contribution >= 4 is 0 Å². The first-order valence-electron chi connectivity index (χ1n) is 4.55. The van der Waals surface area contributed by atoms with Crippen molar-refractivity contribution in [2.24, 2.45) is 5.73 Å². The molecule has 0 amide bonds. The third kappa shape index (κ3) is 3.44. The highest BCUT2D eigenvalue weighted by atomic mass is 16.7. The lowest BCUT2D eigenvalue weighted by Crippen LogP contribution is -2.32. The average molecular weight is 180 g/mol. The summed E-state index contributed by atoms with van der Waals surface area (Å²) < 4.78 is 0. The summed E-state index contributed by atoms with van der Waals surface area (Å²) >= 11 is 0. The summed E-state index contributed by atoms with van der Waals surface area (Å²) in [5.74, 6) is 0.859. The third-order valence-corrected chi connectivity index (χ3v) is 1.71. The lowest BCUT2D eigenvalue weighted by molar-refractivity contribution is -0.0506. The van der Waals surface area contributed by atoms with Gasteiger partial charge in [-0.1, -0.05) is 18.2 Å². The highest BCUT2D eigenvalue weighted by Crippen LogP contribution is 2.09. The van der Waals surface area contributed by atoms with E-state index >= 15 is 0 Å². The van der Waals surface area contributed by atoms with Gasteiger partial charge in [-0.05, 0) is 19.1 Å². The number of hydrogen-bond donors (Lipinski definition) is 1. The maximum Gasteiger partial charge on any atom is 0.147 e. The largest absolute Gasteiger partial charge is 0.406 e. The number of likely N-dealkylation sites (N-methyl/N-ethyl adjacent to an activating group) is 1. The fourth-order valence-corrected chi connectivity index (χ4v) is 1.04. The first-order chi connectivity index (χ1) is 6.36. The van der Waals surface area contributed by atoms with E-state index < -0.39 is 0 Å². The summed E-state index contributed by atoms with van der Waals surface area (Å²) in [5, 5.41) is 1.84. The van der Waals surface area contributed by atoms with Gasteiger partial charge >= 0.3 is 0 Å². The average Bonchev–Trinajstić information content (AvgIpc) is 2.19. The van der Waals surface area contributed by atoms with Crippen LogP contribution >= 0.6 is 0 Å². The van der Waals surface area contributed by atoms with Crippen LogP contribution in [0.2, 0.25) is 0 Å². The van der Waals surface area contributed by atoms with Crippen LogP contribution in [0.4, 0.5) is 0 Å². The maximum absolute atomic E-state index is 5.56. The van der Waals surface area contributed by atoms with Gasteiger partial charge in [0.25, 0.3) is 0 Å². The Morgan fingerprint density at radius 2 is 2.00 bits per heavy atom. The number of hydroxylamine groups is 2. The minimum Gasteiger partial charge on any atom is -0.406 e. The lowest BCUT2D eigenvalue weighted by Gasteiger charge is -2.19. The van der Waals surface area contributed by atoms with Crippen molar-refractivity contribution < 1.29 is 4.84 Å². The number of nitrogens with two attached hydrogens (primary N) is 1. The predicted molar refractivity (Wildman–Crippen MR) is 53.4 cm³/mol. The molecule has 0 aliphatic carbocycles. The SMILES string of the molecule is CCN(CCN)Oc1ccccc1. The molecule has 1 aromatic carbocycles. The van der Waals surface area contributed by atoms with Crippen molar-refractivity contribution in [1.82, 2.24) is 5.06 Å². The van der Waals surface area contributed by atoms with Crippen LogP contribution in [0.3, 0.4) is 0 Å². The van der Waals surface area contributed by atoms with Crippen LogP contribution < -0.4 is 10.6 Å². The van der Waals surface area contributed by atoms with Gasteiger partial charge in [-0.25, -0.2) is 0 Å². The highest BCUT2D eigenvalue weighted by Gasteiger charge is 2.01. The van der Waals surface area contributed by atoms with E-state index in [2.05, 4.69) is 0 Å². The summed E-state index contributed by atoms with van der Waals surface area (Å²) in [4.78, 5) is 5.56. The van der Waals surface area contributed by atoms with Gasteiger partial charge in [0.2, 0.25) is 0 Å². The van der Waals surface area contributed by atoms with Crippen LogP contribution in [-0.4, -0.2) is 24.7 Å². The van der Waals surface area contributed by atoms with Gasteiger partial charge < -0.3 is 10.6 Å². The molecule has 72 valence electrons. The molecule has 0 aromatic heterocycles. The quantitative estimate of drug-likeness (QED) is 0.693. The van der Waals surface area contributed by atoms with Crippen LogP contribution in [0.1, 0.15) is 6.92 Å². The summed E-state index contributed by atoms with van der Waals surface area (Å²) in [6.07, 6.45) is 0. The monoisotopic (exact) mass is 180 g/mol. The number of hydrogen-bond acceptors (Lipinski definition) is 3. The van der Waals surface area contributed by atoms with Gasteiger partial charge in [0.1, 0.15) is 5.75 Å². The van der Waals surface area contributed by atoms with Crippen LogP contribution in [0.15, 0.2) is 30.3 Å². The number of nitrogens with zero attached hydrogens (tertiary/aromatic N) is 1. The topological polar surface area (TPSA) is 38.5 Å². The first-order valence-corrected chi connectivity index (χ1v) is 4.55. The molecule has 13 heavy (non-hydrogen) atoms. The third-order valence-electron chi connectivity index (χ3n) is 1.71.